The Kier molecular flexibility index (Phi) is 4.72. The Morgan fingerprint density at radius 1 is 1.50 bits per heavy atom. The van der Waals surface area contributed by atoms with Crippen LogP contribution in [0.5, 0.6) is 0 Å². The molecule has 2 atom stereocenters. The molecule has 1 aliphatic heterocycles. The summed E-state index contributed by atoms with van der Waals surface area (Å²) in [5, 5.41) is 3.54. The van der Waals surface area contributed by atoms with Crippen molar-refractivity contribution in [3.8, 4) is 0 Å². The van der Waals surface area contributed by atoms with E-state index in [1.165, 1.54) is 5.56 Å². The van der Waals surface area contributed by atoms with Gasteiger partial charge in [0, 0.05) is 18.6 Å². The molecule has 1 aromatic carbocycles. The summed E-state index contributed by atoms with van der Waals surface area (Å²) in [6, 6.07) is 5.51. The van der Waals surface area contributed by atoms with Crippen molar-refractivity contribution < 1.29 is 9.13 Å². The molecule has 0 amide bonds. The van der Waals surface area contributed by atoms with E-state index in [1.54, 1.807) is 12.1 Å². The van der Waals surface area contributed by atoms with Crippen molar-refractivity contribution >= 4 is 0 Å². The van der Waals surface area contributed by atoms with Gasteiger partial charge in [0.15, 0.2) is 0 Å². The van der Waals surface area contributed by atoms with Crippen LogP contribution in [0.1, 0.15) is 24.5 Å². The van der Waals surface area contributed by atoms with Crippen molar-refractivity contribution in [2.45, 2.75) is 32.7 Å². The molecule has 18 heavy (non-hydrogen) atoms. The summed E-state index contributed by atoms with van der Waals surface area (Å²) in [5.41, 5.74) is 2.27. The van der Waals surface area contributed by atoms with Gasteiger partial charge in [0.05, 0.1) is 6.61 Å². The first kappa shape index (κ1) is 13.5. The minimum absolute atomic E-state index is 0.152. The van der Waals surface area contributed by atoms with Crippen LogP contribution < -0.4 is 5.32 Å². The Hall–Kier alpha value is -0.930. The normalized spacial score (nSPS) is 21.2. The van der Waals surface area contributed by atoms with Crippen LogP contribution in [0, 0.1) is 18.7 Å². The van der Waals surface area contributed by atoms with Crippen LogP contribution in [-0.2, 0) is 11.2 Å². The molecule has 0 spiro atoms. The molecule has 0 aromatic heterocycles. The molecule has 100 valence electrons. The van der Waals surface area contributed by atoms with E-state index in [0.717, 1.165) is 38.2 Å². The van der Waals surface area contributed by atoms with E-state index in [-0.39, 0.29) is 5.82 Å². The maximum atomic E-state index is 13.1. The highest BCUT2D eigenvalue weighted by atomic mass is 19.1. The molecule has 0 aliphatic carbocycles. The summed E-state index contributed by atoms with van der Waals surface area (Å²) in [5.74, 6) is 0.426. The first-order valence-electron chi connectivity index (χ1n) is 6.77. The van der Waals surface area contributed by atoms with Crippen molar-refractivity contribution in [1.29, 1.82) is 0 Å². The first-order chi connectivity index (χ1) is 8.70. The number of hydrogen-bond donors (Lipinski definition) is 1. The second kappa shape index (κ2) is 6.30. The lowest BCUT2D eigenvalue weighted by Gasteiger charge is -2.24. The van der Waals surface area contributed by atoms with Gasteiger partial charge in [-0.15, -0.1) is 0 Å². The van der Waals surface area contributed by atoms with Crippen LogP contribution >= 0.6 is 0 Å². The molecule has 2 unspecified atom stereocenters. The van der Waals surface area contributed by atoms with Gasteiger partial charge in [0.2, 0.25) is 0 Å². The third-order valence-electron chi connectivity index (χ3n) is 3.74. The standard InChI is InChI=1S/C15H22FNO/c1-3-17-15(13-6-7-18-10-13)9-12-4-5-14(16)8-11(12)2/h4-5,8,13,15,17H,3,6-7,9-10H2,1-2H3. The molecule has 1 heterocycles. The largest absolute Gasteiger partial charge is 0.381 e. The van der Waals surface area contributed by atoms with Crippen LogP contribution in [-0.4, -0.2) is 25.8 Å². The zero-order valence-electron chi connectivity index (χ0n) is 11.2. The lowest BCUT2D eigenvalue weighted by atomic mass is 9.91. The van der Waals surface area contributed by atoms with E-state index in [1.807, 2.05) is 13.0 Å². The van der Waals surface area contributed by atoms with Crippen molar-refractivity contribution in [2.75, 3.05) is 19.8 Å². The van der Waals surface area contributed by atoms with Crippen LogP contribution in [0.3, 0.4) is 0 Å². The van der Waals surface area contributed by atoms with Crippen LogP contribution in [0.4, 0.5) is 4.39 Å². The van der Waals surface area contributed by atoms with E-state index in [4.69, 9.17) is 4.74 Å². The summed E-state index contributed by atoms with van der Waals surface area (Å²) in [6.07, 6.45) is 2.08. The lowest BCUT2D eigenvalue weighted by molar-refractivity contribution is 0.176. The summed E-state index contributed by atoms with van der Waals surface area (Å²) >= 11 is 0. The SMILES string of the molecule is CCNC(Cc1ccc(F)cc1C)C1CCOC1. The van der Waals surface area contributed by atoms with E-state index >= 15 is 0 Å². The molecule has 0 radical (unpaired) electrons. The minimum Gasteiger partial charge on any atom is -0.381 e. The fraction of sp³-hybridized carbons (Fsp3) is 0.600. The van der Waals surface area contributed by atoms with Gasteiger partial charge in [-0.3, -0.25) is 0 Å². The number of aryl methyl sites for hydroxylation is 1. The maximum Gasteiger partial charge on any atom is 0.123 e. The average Bonchev–Trinajstić information content (AvgIpc) is 2.85. The monoisotopic (exact) mass is 251 g/mol. The van der Waals surface area contributed by atoms with Crippen molar-refractivity contribution in [2.24, 2.45) is 5.92 Å². The Labute approximate surface area is 109 Å². The fourth-order valence-electron chi connectivity index (χ4n) is 2.66. The smallest absolute Gasteiger partial charge is 0.123 e. The quantitative estimate of drug-likeness (QED) is 0.868. The summed E-state index contributed by atoms with van der Waals surface area (Å²) in [6.45, 7) is 6.78. The Balaban J connectivity index is 2.07. The number of ether oxygens (including phenoxy) is 1. The van der Waals surface area contributed by atoms with Gasteiger partial charge in [-0.2, -0.15) is 0 Å². The molecule has 0 bridgehead atoms. The molecule has 0 saturated carbocycles. The number of halogens is 1. The number of rotatable bonds is 5. The van der Waals surface area contributed by atoms with Crippen LogP contribution in [0.15, 0.2) is 18.2 Å². The summed E-state index contributed by atoms with van der Waals surface area (Å²) in [7, 11) is 0. The number of hydrogen-bond acceptors (Lipinski definition) is 2. The van der Waals surface area contributed by atoms with Gasteiger partial charge in [0.1, 0.15) is 5.82 Å². The molecular formula is C15H22FNO. The third kappa shape index (κ3) is 3.30. The van der Waals surface area contributed by atoms with Gasteiger partial charge in [-0.05, 0) is 49.6 Å². The van der Waals surface area contributed by atoms with Crippen molar-refractivity contribution in [3.05, 3.63) is 35.1 Å². The molecule has 1 N–H and O–H groups in total. The number of benzene rings is 1. The Morgan fingerprint density at radius 2 is 2.33 bits per heavy atom. The molecule has 1 saturated heterocycles. The second-order valence-corrected chi connectivity index (χ2v) is 5.06. The zero-order chi connectivity index (χ0) is 13.0. The van der Waals surface area contributed by atoms with Crippen molar-refractivity contribution in [1.82, 2.24) is 5.32 Å². The van der Waals surface area contributed by atoms with E-state index in [0.29, 0.717) is 12.0 Å². The molecule has 1 aromatic rings. The highest BCUT2D eigenvalue weighted by molar-refractivity contribution is 5.27. The molecule has 2 rings (SSSR count). The Bertz CT molecular complexity index is 388. The van der Waals surface area contributed by atoms with Crippen LogP contribution in [0.2, 0.25) is 0 Å². The van der Waals surface area contributed by atoms with Gasteiger partial charge < -0.3 is 10.1 Å². The number of nitrogens with one attached hydrogen (secondary N) is 1. The summed E-state index contributed by atoms with van der Waals surface area (Å²) < 4.78 is 18.6. The van der Waals surface area contributed by atoms with E-state index < -0.39 is 0 Å². The van der Waals surface area contributed by atoms with Gasteiger partial charge >= 0.3 is 0 Å². The molecular weight excluding hydrogens is 229 g/mol. The maximum absolute atomic E-state index is 13.1. The molecule has 1 aliphatic rings. The van der Waals surface area contributed by atoms with Gasteiger partial charge in [-0.25, -0.2) is 4.39 Å². The predicted molar refractivity (Wildman–Crippen MR) is 71.2 cm³/mol. The lowest BCUT2D eigenvalue weighted by Crippen LogP contribution is -2.38. The fourth-order valence-corrected chi connectivity index (χ4v) is 2.66. The number of likely N-dealkylation sites (N-methyl/N-ethyl adjacent to an activating group) is 1. The van der Waals surface area contributed by atoms with Gasteiger partial charge in [-0.1, -0.05) is 13.0 Å². The molecule has 2 nitrogen and oxygen atoms in total. The van der Waals surface area contributed by atoms with E-state index in [2.05, 4.69) is 12.2 Å². The summed E-state index contributed by atoms with van der Waals surface area (Å²) in [4.78, 5) is 0. The second-order valence-electron chi connectivity index (χ2n) is 5.06. The first-order valence-corrected chi connectivity index (χ1v) is 6.77. The predicted octanol–water partition coefficient (Wildman–Crippen LogP) is 2.69. The zero-order valence-corrected chi connectivity index (χ0v) is 11.2. The molecule has 1 fully saturated rings. The average molecular weight is 251 g/mol. The van der Waals surface area contributed by atoms with Crippen LogP contribution in [0.25, 0.3) is 0 Å². The Morgan fingerprint density at radius 3 is 2.94 bits per heavy atom. The topological polar surface area (TPSA) is 21.3 Å². The minimum atomic E-state index is -0.152. The van der Waals surface area contributed by atoms with Gasteiger partial charge in [0.25, 0.3) is 0 Å². The molecule has 3 heteroatoms. The van der Waals surface area contributed by atoms with Crippen molar-refractivity contribution in [3.63, 3.8) is 0 Å². The highest BCUT2D eigenvalue weighted by Gasteiger charge is 2.25. The van der Waals surface area contributed by atoms with E-state index in [9.17, 15) is 4.39 Å². The third-order valence-corrected chi connectivity index (χ3v) is 3.74. The highest BCUT2D eigenvalue weighted by Crippen LogP contribution is 2.21.